The van der Waals surface area contributed by atoms with Crippen molar-refractivity contribution in [1.29, 1.82) is 0 Å². The molecule has 0 saturated carbocycles. The van der Waals surface area contributed by atoms with Crippen LogP contribution in [0.5, 0.6) is 11.6 Å². The van der Waals surface area contributed by atoms with Crippen LogP contribution < -0.4 is 10.1 Å². The monoisotopic (exact) mass is 289 g/mol. The third-order valence-electron chi connectivity index (χ3n) is 3.04. The van der Waals surface area contributed by atoms with Crippen LogP contribution >= 0.6 is 0 Å². The highest BCUT2D eigenvalue weighted by Gasteiger charge is 2.14. The molecule has 0 radical (unpaired) electrons. The summed E-state index contributed by atoms with van der Waals surface area (Å²) in [6.45, 7) is 6.72. The summed E-state index contributed by atoms with van der Waals surface area (Å²) in [5.41, 5.74) is 1.81. The molecule has 2 aromatic rings. The number of rotatable bonds is 6. The largest absolute Gasteiger partial charge is 0.435 e. The second-order valence-corrected chi connectivity index (χ2v) is 4.82. The second-order valence-electron chi connectivity index (χ2n) is 4.82. The highest BCUT2D eigenvalue weighted by molar-refractivity contribution is 5.50. The summed E-state index contributed by atoms with van der Waals surface area (Å²) in [7, 11) is 0. The van der Waals surface area contributed by atoms with Crippen LogP contribution in [0, 0.1) is 12.7 Å². The maximum atomic E-state index is 13.8. The van der Waals surface area contributed by atoms with Crippen molar-refractivity contribution in [2.45, 2.75) is 33.6 Å². The molecule has 0 spiro atoms. The fourth-order valence-electron chi connectivity index (χ4n) is 2.07. The minimum atomic E-state index is -0.397. The first-order chi connectivity index (χ1) is 10.2. The number of benzene rings is 1. The van der Waals surface area contributed by atoms with Gasteiger partial charge in [-0.25, -0.2) is 14.4 Å². The normalized spacial score (nSPS) is 10.5. The van der Waals surface area contributed by atoms with Crippen molar-refractivity contribution in [1.82, 2.24) is 9.97 Å². The Morgan fingerprint density at radius 2 is 2.05 bits per heavy atom. The van der Waals surface area contributed by atoms with Crippen molar-refractivity contribution in [3.8, 4) is 11.6 Å². The van der Waals surface area contributed by atoms with Crippen LogP contribution in [0.15, 0.2) is 24.5 Å². The van der Waals surface area contributed by atoms with Gasteiger partial charge in [0.2, 0.25) is 5.88 Å². The average Bonchev–Trinajstić information content (AvgIpc) is 2.46. The SMILES string of the molecule is CCCc1c(NCC)ncnc1Oc1cc(C)ccc1F. The van der Waals surface area contributed by atoms with Gasteiger partial charge in [0.15, 0.2) is 11.6 Å². The molecule has 0 aliphatic heterocycles. The fourth-order valence-corrected chi connectivity index (χ4v) is 2.07. The van der Waals surface area contributed by atoms with Gasteiger partial charge in [0, 0.05) is 6.54 Å². The summed E-state index contributed by atoms with van der Waals surface area (Å²) in [5, 5.41) is 3.19. The maximum absolute atomic E-state index is 13.8. The molecule has 112 valence electrons. The van der Waals surface area contributed by atoms with Crippen molar-refractivity contribution >= 4 is 5.82 Å². The van der Waals surface area contributed by atoms with Crippen LogP contribution in [0.3, 0.4) is 0 Å². The third-order valence-corrected chi connectivity index (χ3v) is 3.04. The minimum absolute atomic E-state index is 0.188. The maximum Gasteiger partial charge on any atom is 0.227 e. The lowest BCUT2D eigenvalue weighted by atomic mass is 10.1. The number of ether oxygens (including phenoxy) is 1. The Bertz CT molecular complexity index is 616. The molecule has 0 fully saturated rings. The van der Waals surface area contributed by atoms with Crippen molar-refractivity contribution in [3.05, 3.63) is 41.5 Å². The highest BCUT2D eigenvalue weighted by Crippen LogP contribution is 2.30. The predicted octanol–water partition coefficient (Wildman–Crippen LogP) is 4.10. The number of hydrogen-bond donors (Lipinski definition) is 1. The molecule has 2 rings (SSSR count). The van der Waals surface area contributed by atoms with Gasteiger partial charge in [-0.1, -0.05) is 19.4 Å². The number of nitrogens with zero attached hydrogens (tertiary/aromatic N) is 2. The molecule has 1 heterocycles. The Morgan fingerprint density at radius 1 is 1.24 bits per heavy atom. The molecule has 1 N–H and O–H groups in total. The van der Waals surface area contributed by atoms with E-state index >= 15 is 0 Å². The van der Waals surface area contributed by atoms with E-state index in [0.29, 0.717) is 5.88 Å². The number of aromatic nitrogens is 2. The summed E-state index contributed by atoms with van der Waals surface area (Å²) >= 11 is 0. The van der Waals surface area contributed by atoms with Gasteiger partial charge >= 0.3 is 0 Å². The van der Waals surface area contributed by atoms with Gasteiger partial charge < -0.3 is 10.1 Å². The van der Waals surface area contributed by atoms with Crippen LogP contribution in [0.1, 0.15) is 31.4 Å². The number of anilines is 1. The molecule has 0 amide bonds. The van der Waals surface area contributed by atoms with E-state index in [1.807, 2.05) is 13.8 Å². The molecule has 0 aliphatic rings. The van der Waals surface area contributed by atoms with Gasteiger partial charge in [0.05, 0.1) is 5.56 Å². The molecule has 0 bridgehead atoms. The molecule has 5 heteroatoms. The highest BCUT2D eigenvalue weighted by atomic mass is 19.1. The lowest BCUT2D eigenvalue weighted by Gasteiger charge is -2.14. The molecule has 0 unspecified atom stereocenters. The van der Waals surface area contributed by atoms with E-state index in [9.17, 15) is 4.39 Å². The van der Waals surface area contributed by atoms with E-state index in [4.69, 9.17) is 4.74 Å². The second kappa shape index (κ2) is 7.02. The molecule has 0 aliphatic carbocycles. The number of hydrogen-bond acceptors (Lipinski definition) is 4. The average molecular weight is 289 g/mol. The molecule has 4 nitrogen and oxygen atoms in total. The number of aryl methyl sites for hydroxylation is 1. The van der Waals surface area contributed by atoms with Gasteiger partial charge in [-0.15, -0.1) is 0 Å². The van der Waals surface area contributed by atoms with Gasteiger partial charge in [-0.05, 0) is 38.0 Å². The van der Waals surface area contributed by atoms with Crippen LogP contribution in [-0.2, 0) is 6.42 Å². The molecule has 21 heavy (non-hydrogen) atoms. The predicted molar refractivity (Wildman–Crippen MR) is 81.4 cm³/mol. The first-order valence-electron chi connectivity index (χ1n) is 7.17. The first-order valence-corrected chi connectivity index (χ1v) is 7.17. The lowest BCUT2D eigenvalue weighted by Crippen LogP contribution is -2.06. The quantitative estimate of drug-likeness (QED) is 0.869. The van der Waals surface area contributed by atoms with Gasteiger partial charge in [-0.3, -0.25) is 0 Å². The molecule has 1 aromatic carbocycles. The molecule has 0 atom stereocenters. The van der Waals surface area contributed by atoms with E-state index in [2.05, 4.69) is 22.2 Å². The molecule has 1 aromatic heterocycles. The van der Waals surface area contributed by atoms with Crippen LogP contribution in [0.25, 0.3) is 0 Å². The zero-order chi connectivity index (χ0) is 15.2. The van der Waals surface area contributed by atoms with E-state index in [1.54, 1.807) is 12.1 Å². The van der Waals surface area contributed by atoms with Gasteiger partial charge in [-0.2, -0.15) is 0 Å². The van der Waals surface area contributed by atoms with E-state index < -0.39 is 5.82 Å². The van der Waals surface area contributed by atoms with Crippen LogP contribution in [-0.4, -0.2) is 16.5 Å². The lowest BCUT2D eigenvalue weighted by molar-refractivity contribution is 0.421. The standard InChI is InChI=1S/C16H20FN3O/c1-4-6-12-15(18-5-2)19-10-20-16(12)21-14-9-11(3)7-8-13(14)17/h7-10H,4-6H2,1-3H3,(H,18,19,20). The minimum Gasteiger partial charge on any atom is -0.435 e. The smallest absolute Gasteiger partial charge is 0.227 e. The Balaban J connectivity index is 2.38. The summed E-state index contributed by atoms with van der Waals surface area (Å²) in [6, 6.07) is 4.77. The number of halogens is 1. The Labute approximate surface area is 124 Å². The van der Waals surface area contributed by atoms with Crippen LogP contribution in [0.2, 0.25) is 0 Å². The van der Waals surface area contributed by atoms with Crippen molar-refractivity contribution in [2.24, 2.45) is 0 Å². The summed E-state index contributed by atoms with van der Waals surface area (Å²) in [6.07, 6.45) is 3.13. The zero-order valence-electron chi connectivity index (χ0n) is 12.6. The van der Waals surface area contributed by atoms with Gasteiger partial charge in [0.1, 0.15) is 12.1 Å². The fraction of sp³-hybridized carbons (Fsp3) is 0.375. The molecule has 0 saturated heterocycles. The van der Waals surface area contributed by atoms with E-state index in [0.717, 1.165) is 36.3 Å². The molecular formula is C16H20FN3O. The van der Waals surface area contributed by atoms with Crippen LogP contribution in [0.4, 0.5) is 10.2 Å². The summed E-state index contributed by atoms with van der Waals surface area (Å²) < 4.78 is 19.5. The Morgan fingerprint density at radius 3 is 2.76 bits per heavy atom. The third kappa shape index (κ3) is 3.68. The number of nitrogens with one attached hydrogen (secondary N) is 1. The molecular weight excluding hydrogens is 269 g/mol. The summed E-state index contributed by atoms with van der Waals surface area (Å²) in [5.74, 6) is 0.949. The Hall–Kier alpha value is -2.17. The van der Waals surface area contributed by atoms with Crippen molar-refractivity contribution < 1.29 is 9.13 Å². The van der Waals surface area contributed by atoms with Crippen molar-refractivity contribution in [2.75, 3.05) is 11.9 Å². The van der Waals surface area contributed by atoms with E-state index in [1.165, 1.54) is 12.4 Å². The van der Waals surface area contributed by atoms with E-state index in [-0.39, 0.29) is 5.75 Å². The van der Waals surface area contributed by atoms with Gasteiger partial charge in [0.25, 0.3) is 0 Å². The first kappa shape index (κ1) is 15.2. The Kier molecular flexibility index (Phi) is 5.09. The van der Waals surface area contributed by atoms with Crippen molar-refractivity contribution in [3.63, 3.8) is 0 Å². The topological polar surface area (TPSA) is 47.0 Å². The zero-order valence-corrected chi connectivity index (χ0v) is 12.6. The summed E-state index contributed by atoms with van der Waals surface area (Å²) in [4.78, 5) is 8.40.